The van der Waals surface area contributed by atoms with Gasteiger partial charge in [0.05, 0.1) is 4.99 Å². The molecule has 2 nitrogen and oxygen atoms in total. The van der Waals surface area contributed by atoms with Gasteiger partial charge in [-0.2, -0.15) is 0 Å². The van der Waals surface area contributed by atoms with Crippen molar-refractivity contribution in [1.82, 2.24) is 4.90 Å². The first-order chi connectivity index (χ1) is 7.15. The molecule has 0 spiro atoms. The van der Waals surface area contributed by atoms with Gasteiger partial charge in [0.25, 0.3) is 0 Å². The summed E-state index contributed by atoms with van der Waals surface area (Å²) in [6, 6.07) is 0.545. The smallest absolute Gasteiger partial charge is 0.0742 e. The molecule has 1 atom stereocenters. The van der Waals surface area contributed by atoms with Crippen molar-refractivity contribution in [3.8, 4) is 0 Å². The molecule has 3 heteroatoms. The molecule has 0 aromatic carbocycles. The first kappa shape index (κ1) is 11.3. The first-order valence-electron chi connectivity index (χ1n) is 6.17. The van der Waals surface area contributed by atoms with Crippen molar-refractivity contribution in [2.45, 2.75) is 45.1 Å². The SMILES string of the molecule is CC(CC(N)=S)N(CC1CC1)CC1CC1. The van der Waals surface area contributed by atoms with Gasteiger partial charge >= 0.3 is 0 Å². The van der Waals surface area contributed by atoms with E-state index in [1.54, 1.807) is 0 Å². The van der Waals surface area contributed by atoms with E-state index < -0.39 is 0 Å². The normalized spacial score (nSPS) is 23.1. The molecule has 0 saturated heterocycles. The van der Waals surface area contributed by atoms with Gasteiger partial charge in [0.1, 0.15) is 0 Å². The molecule has 0 aromatic heterocycles. The van der Waals surface area contributed by atoms with Crippen molar-refractivity contribution in [1.29, 1.82) is 0 Å². The molecule has 2 aliphatic carbocycles. The second-order valence-corrected chi connectivity index (χ2v) is 5.88. The molecule has 15 heavy (non-hydrogen) atoms. The Morgan fingerprint density at radius 2 is 1.73 bits per heavy atom. The molecule has 0 aliphatic heterocycles. The molecule has 2 saturated carbocycles. The number of hydrogen-bond donors (Lipinski definition) is 1. The van der Waals surface area contributed by atoms with Crippen LogP contribution in [0, 0.1) is 11.8 Å². The van der Waals surface area contributed by atoms with Crippen molar-refractivity contribution >= 4 is 17.2 Å². The van der Waals surface area contributed by atoms with Crippen molar-refractivity contribution in [2.75, 3.05) is 13.1 Å². The third-order valence-electron chi connectivity index (χ3n) is 3.50. The molecule has 0 bridgehead atoms. The van der Waals surface area contributed by atoms with Crippen LogP contribution in [0.4, 0.5) is 0 Å². The summed E-state index contributed by atoms with van der Waals surface area (Å²) in [5.74, 6) is 1.94. The van der Waals surface area contributed by atoms with Crippen LogP contribution in [-0.4, -0.2) is 29.0 Å². The van der Waals surface area contributed by atoms with Crippen LogP contribution in [0.1, 0.15) is 39.0 Å². The molecular formula is C12H22N2S. The van der Waals surface area contributed by atoms with Gasteiger partial charge in [0.2, 0.25) is 0 Å². The largest absolute Gasteiger partial charge is 0.393 e. The predicted octanol–water partition coefficient (Wildman–Crippen LogP) is 2.17. The minimum atomic E-state index is 0.545. The maximum Gasteiger partial charge on any atom is 0.0742 e. The van der Waals surface area contributed by atoms with Crippen LogP contribution >= 0.6 is 12.2 Å². The summed E-state index contributed by atoms with van der Waals surface area (Å²) in [5.41, 5.74) is 5.63. The van der Waals surface area contributed by atoms with Gasteiger partial charge in [-0.25, -0.2) is 0 Å². The van der Waals surface area contributed by atoms with Gasteiger partial charge in [-0.1, -0.05) is 12.2 Å². The number of nitrogens with zero attached hydrogens (tertiary/aromatic N) is 1. The molecule has 2 fully saturated rings. The molecule has 0 aromatic rings. The lowest BCUT2D eigenvalue weighted by Crippen LogP contribution is -2.38. The van der Waals surface area contributed by atoms with Crippen molar-refractivity contribution in [2.24, 2.45) is 17.6 Å². The lowest BCUT2D eigenvalue weighted by molar-refractivity contribution is 0.196. The van der Waals surface area contributed by atoms with Crippen LogP contribution in [0.3, 0.4) is 0 Å². The third-order valence-corrected chi connectivity index (χ3v) is 3.67. The summed E-state index contributed by atoms with van der Waals surface area (Å²) in [5, 5.41) is 0. The van der Waals surface area contributed by atoms with Crippen LogP contribution in [0.25, 0.3) is 0 Å². The molecule has 2 rings (SSSR count). The summed E-state index contributed by atoms with van der Waals surface area (Å²) in [7, 11) is 0. The molecule has 0 radical (unpaired) electrons. The average molecular weight is 226 g/mol. The fraction of sp³-hybridized carbons (Fsp3) is 0.917. The van der Waals surface area contributed by atoms with E-state index in [0.29, 0.717) is 11.0 Å². The standard InChI is InChI=1S/C12H22N2S/c1-9(6-12(13)15)14(7-10-2-3-10)8-11-4-5-11/h9-11H,2-8H2,1H3,(H2,13,15). The Balaban J connectivity index is 1.80. The predicted molar refractivity (Wildman–Crippen MR) is 67.9 cm³/mol. The maximum atomic E-state index is 5.63. The minimum absolute atomic E-state index is 0.545. The Labute approximate surface area is 98.2 Å². The van der Waals surface area contributed by atoms with Crippen LogP contribution in [0.15, 0.2) is 0 Å². The summed E-state index contributed by atoms with van der Waals surface area (Å²) in [6.07, 6.45) is 6.61. The van der Waals surface area contributed by atoms with Crippen LogP contribution in [0.2, 0.25) is 0 Å². The van der Waals surface area contributed by atoms with Gasteiger partial charge in [0, 0.05) is 25.6 Å². The lowest BCUT2D eigenvalue weighted by Gasteiger charge is -2.29. The Morgan fingerprint density at radius 1 is 1.27 bits per heavy atom. The van der Waals surface area contributed by atoms with E-state index in [1.165, 1.54) is 38.8 Å². The lowest BCUT2D eigenvalue weighted by atomic mass is 10.1. The minimum Gasteiger partial charge on any atom is -0.393 e. The van der Waals surface area contributed by atoms with E-state index in [4.69, 9.17) is 18.0 Å². The Bertz CT molecular complexity index is 220. The van der Waals surface area contributed by atoms with E-state index in [-0.39, 0.29) is 0 Å². The summed E-state index contributed by atoms with van der Waals surface area (Å²) in [4.78, 5) is 3.29. The summed E-state index contributed by atoms with van der Waals surface area (Å²) in [6.45, 7) is 4.82. The van der Waals surface area contributed by atoms with E-state index >= 15 is 0 Å². The molecule has 0 amide bonds. The third kappa shape index (κ3) is 4.07. The van der Waals surface area contributed by atoms with Gasteiger partial charge in [-0.3, -0.25) is 4.90 Å². The number of nitrogens with two attached hydrogens (primary N) is 1. The molecule has 0 heterocycles. The van der Waals surface area contributed by atoms with Crippen LogP contribution in [-0.2, 0) is 0 Å². The van der Waals surface area contributed by atoms with Crippen LogP contribution < -0.4 is 5.73 Å². The molecule has 2 aliphatic rings. The van der Waals surface area contributed by atoms with E-state index in [0.717, 1.165) is 18.3 Å². The Morgan fingerprint density at radius 3 is 2.07 bits per heavy atom. The Hall–Kier alpha value is -0.150. The highest BCUT2D eigenvalue weighted by atomic mass is 32.1. The van der Waals surface area contributed by atoms with E-state index in [1.807, 2.05) is 0 Å². The summed E-state index contributed by atoms with van der Waals surface area (Å²) < 4.78 is 0. The molecule has 1 unspecified atom stereocenters. The highest BCUT2D eigenvalue weighted by Gasteiger charge is 2.31. The zero-order chi connectivity index (χ0) is 10.8. The second kappa shape index (κ2) is 4.79. The fourth-order valence-electron chi connectivity index (χ4n) is 2.12. The molecule has 2 N–H and O–H groups in total. The van der Waals surface area contributed by atoms with Gasteiger partial charge in [-0.05, 0) is 44.4 Å². The number of rotatable bonds is 7. The average Bonchev–Trinajstić information content (AvgIpc) is 2.95. The Kier molecular flexibility index (Phi) is 3.62. The van der Waals surface area contributed by atoms with E-state index in [2.05, 4.69) is 11.8 Å². The van der Waals surface area contributed by atoms with Gasteiger partial charge in [-0.15, -0.1) is 0 Å². The quantitative estimate of drug-likeness (QED) is 0.675. The topological polar surface area (TPSA) is 29.3 Å². The van der Waals surface area contributed by atoms with E-state index in [9.17, 15) is 0 Å². The zero-order valence-electron chi connectivity index (χ0n) is 9.61. The number of thiocarbonyl (C=S) groups is 1. The first-order valence-corrected chi connectivity index (χ1v) is 6.58. The monoisotopic (exact) mass is 226 g/mol. The van der Waals surface area contributed by atoms with Crippen molar-refractivity contribution < 1.29 is 0 Å². The van der Waals surface area contributed by atoms with Crippen molar-refractivity contribution in [3.63, 3.8) is 0 Å². The zero-order valence-corrected chi connectivity index (χ0v) is 10.4. The highest BCUT2D eigenvalue weighted by molar-refractivity contribution is 7.80. The second-order valence-electron chi connectivity index (χ2n) is 5.36. The molecular weight excluding hydrogens is 204 g/mol. The molecule has 86 valence electrons. The summed E-state index contributed by atoms with van der Waals surface area (Å²) >= 11 is 5.00. The van der Waals surface area contributed by atoms with Gasteiger partial charge < -0.3 is 5.73 Å². The van der Waals surface area contributed by atoms with Gasteiger partial charge in [0.15, 0.2) is 0 Å². The highest BCUT2D eigenvalue weighted by Crippen LogP contribution is 2.34. The van der Waals surface area contributed by atoms with Crippen LogP contribution in [0.5, 0.6) is 0 Å². The van der Waals surface area contributed by atoms with Crippen molar-refractivity contribution in [3.05, 3.63) is 0 Å². The number of hydrogen-bond acceptors (Lipinski definition) is 2. The maximum absolute atomic E-state index is 5.63. The fourth-order valence-corrected chi connectivity index (χ4v) is 2.36.